The molecule has 3 heteroatoms. The molecule has 2 saturated heterocycles. The van der Waals surface area contributed by atoms with Crippen LogP contribution in [0, 0.1) is 24.7 Å². The van der Waals surface area contributed by atoms with Crippen LogP contribution in [0.2, 0.25) is 0 Å². The average molecular weight is 312 g/mol. The van der Waals surface area contributed by atoms with Gasteiger partial charge in [0.2, 0.25) is 5.91 Å². The molecule has 0 bridgehead atoms. The Morgan fingerprint density at radius 2 is 1.83 bits per heavy atom. The summed E-state index contributed by atoms with van der Waals surface area (Å²) in [4.78, 5) is 17.5. The predicted octanol–water partition coefficient (Wildman–Crippen LogP) is 3.25. The SMILES string of the molecule is Cc1ccccc1[C@H]1[C@@H]2CN(C(=O)C3CCCC3)C[C@@H]2CN1C. The summed E-state index contributed by atoms with van der Waals surface area (Å²) in [6, 6.07) is 9.24. The zero-order valence-electron chi connectivity index (χ0n) is 14.4. The van der Waals surface area contributed by atoms with Crippen molar-refractivity contribution in [2.24, 2.45) is 17.8 Å². The third kappa shape index (κ3) is 2.59. The number of amides is 1. The Kier molecular flexibility index (Phi) is 3.92. The Bertz CT molecular complexity index is 593. The molecule has 0 aromatic heterocycles. The number of nitrogens with zero attached hydrogens (tertiary/aromatic N) is 2. The van der Waals surface area contributed by atoms with Gasteiger partial charge in [-0.3, -0.25) is 9.69 Å². The van der Waals surface area contributed by atoms with Crippen LogP contribution in [0.5, 0.6) is 0 Å². The average Bonchev–Trinajstić information content (AvgIpc) is 3.23. The van der Waals surface area contributed by atoms with Crippen molar-refractivity contribution in [3.05, 3.63) is 35.4 Å². The third-order valence-corrected chi connectivity index (χ3v) is 6.42. The fraction of sp³-hybridized carbons (Fsp3) is 0.650. The van der Waals surface area contributed by atoms with E-state index in [4.69, 9.17) is 0 Å². The molecule has 1 aromatic rings. The van der Waals surface area contributed by atoms with E-state index in [1.165, 1.54) is 24.0 Å². The van der Waals surface area contributed by atoms with E-state index in [9.17, 15) is 4.79 Å². The topological polar surface area (TPSA) is 23.6 Å². The van der Waals surface area contributed by atoms with Crippen LogP contribution >= 0.6 is 0 Å². The second-order valence-corrected chi connectivity index (χ2v) is 7.89. The van der Waals surface area contributed by atoms with Crippen molar-refractivity contribution in [3.63, 3.8) is 0 Å². The fourth-order valence-corrected chi connectivity index (χ4v) is 5.26. The number of hydrogen-bond donors (Lipinski definition) is 0. The van der Waals surface area contributed by atoms with Gasteiger partial charge in [0, 0.05) is 37.5 Å². The van der Waals surface area contributed by atoms with Crippen LogP contribution in [0.25, 0.3) is 0 Å². The lowest BCUT2D eigenvalue weighted by Gasteiger charge is -2.28. The lowest BCUT2D eigenvalue weighted by Crippen LogP contribution is -2.36. The van der Waals surface area contributed by atoms with Gasteiger partial charge in [0.25, 0.3) is 0 Å². The first-order valence-corrected chi connectivity index (χ1v) is 9.19. The maximum Gasteiger partial charge on any atom is 0.225 e. The summed E-state index contributed by atoms with van der Waals surface area (Å²) in [5, 5.41) is 0. The van der Waals surface area contributed by atoms with Crippen molar-refractivity contribution >= 4 is 5.91 Å². The van der Waals surface area contributed by atoms with E-state index in [2.05, 4.69) is 48.0 Å². The first-order chi connectivity index (χ1) is 11.1. The molecule has 0 N–H and O–H groups in total. The molecule has 1 aliphatic carbocycles. The van der Waals surface area contributed by atoms with Gasteiger partial charge in [-0.1, -0.05) is 37.1 Å². The van der Waals surface area contributed by atoms with E-state index in [0.29, 0.717) is 29.7 Å². The quantitative estimate of drug-likeness (QED) is 0.837. The first kappa shape index (κ1) is 15.2. The minimum atomic E-state index is 0.323. The van der Waals surface area contributed by atoms with Gasteiger partial charge in [0.15, 0.2) is 0 Å². The van der Waals surface area contributed by atoms with E-state index in [-0.39, 0.29) is 0 Å². The van der Waals surface area contributed by atoms with Gasteiger partial charge in [-0.2, -0.15) is 0 Å². The molecule has 3 atom stereocenters. The maximum atomic E-state index is 12.8. The summed E-state index contributed by atoms with van der Waals surface area (Å²) < 4.78 is 0. The molecule has 1 aromatic carbocycles. The molecular formula is C20H28N2O. The number of carbonyl (C=O) groups excluding carboxylic acids is 1. The lowest BCUT2D eigenvalue weighted by molar-refractivity contribution is -0.134. The van der Waals surface area contributed by atoms with Crippen molar-refractivity contribution < 1.29 is 4.79 Å². The van der Waals surface area contributed by atoms with Gasteiger partial charge in [-0.05, 0) is 43.9 Å². The second kappa shape index (κ2) is 5.94. The Morgan fingerprint density at radius 1 is 1.09 bits per heavy atom. The summed E-state index contributed by atoms with van der Waals surface area (Å²) >= 11 is 0. The molecule has 1 saturated carbocycles. The number of aryl methyl sites for hydroxylation is 1. The van der Waals surface area contributed by atoms with E-state index in [1.807, 2.05) is 0 Å². The minimum Gasteiger partial charge on any atom is -0.342 e. The largest absolute Gasteiger partial charge is 0.342 e. The molecule has 2 aliphatic heterocycles. The molecule has 4 rings (SSSR count). The highest BCUT2D eigenvalue weighted by atomic mass is 16.2. The van der Waals surface area contributed by atoms with Crippen LogP contribution in [0.4, 0.5) is 0 Å². The second-order valence-electron chi connectivity index (χ2n) is 7.89. The normalized spacial score (nSPS) is 31.7. The van der Waals surface area contributed by atoms with Gasteiger partial charge >= 0.3 is 0 Å². The van der Waals surface area contributed by atoms with Gasteiger partial charge in [-0.25, -0.2) is 0 Å². The highest BCUT2D eigenvalue weighted by Gasteiger charge is 2.48. The Balaban J connectivity index is 1.53. The Labute approximate surface area is 139 Å². The van der Waals surface area contributed by atoms with Crippen molar-refractivity contribution in [1.29, 1.82) is 0 Å². The summed E-state index contributed by atoms with van der Waals surface area (Å²) in [5.41, 5.74) is 2.84. The molecule has 1 amide bonds. The fourth-order valence-electron chi connectivity index (χ4n) is 5.26. The van der Waals surface area contributed by atoms with Crippen molar-refractivity contribution in [2.45, 2.75) is 38.6 Å². The Morgan fingerprint density at radius 3 is 2.57 bits per heavy atom. The van der Waals surface area contributed by atoms with Crippen molar-refractivity contribution in [1.82, 2.24) is 9.80 Å². The molecule has 3 aliphatic rings. The Hall–Kier alpha value is -1.35. The lowest BCUT2D eigenvalue weighted by atomic mass is 9.88. The summed E-state index contributed by atoms with van der Waals surface area (Å²) in [5.74, 6) is 2.02. The molecule has 0 spiro atoms. The van der Waals surface area contributed by atoms with E-state index >= 15 is 0 Å². The molecule has 23 heavy (non-hydrogen) atoms. The zero-order chi connectivity index (χ0) is 16.0. The van der Waals surface area contributed by atoms with Gasteiger partial charge in [0.1, 0.15) is 0 Å². The summed E-state index contributed by atoms with van der Waals surface area (Å²) in [6.45, 7) is 5.28. The molecule has 3 fully saturated rings. The summed E-state index contributed by atoms with van der Waals surface area (Å²) in [6.07, 6.45) is 4.72. The van der Waals surface area contributed by atoms with Crippen molar-refractivity contribution in [3.8, 4) is 0 Å². The van der Waals surface area contributed by atoms with Crippen molar-refractivity contribution in [2.75, 3.05) is 26.7 Å². The molecular weight excluding hydrogens is 284 g/mol. The van der Waals surface area contributed by atoms with E-state index < -0.39 is 0 Å². The van der Waals surface area contributed by atoms with E-state index in [1.54, 1.807) is 0 Å². The molecule has 0 unspecified atom stereocenters. The molecule has 3 nitrogen and oxygen atoms in total. The first-order valence-electron chi connectivity index (χ1n) is 9.19. The zero-order valence-corrected chi connectivity index (χ0v) is 14.4. The van der Waals surface area contributed by atoms with Gasteiger partial charge in [0.05, 0.1) is 0 Å². The minimum absolute atomic E-state index is 0.323. The number of hydrogen-bond acceptors (Lipinski definition) is 2. The van der Waals surface area contributed by atoms with Gasteiger partial charge in [-0.15, -0.1) is 0 Å². The van der Waals surface area contributed by atoms with Crippen LogP contribution in [0.15, 0.2) is 24.3 Å². The summed E-state index contributed by atoms with van der Waals surface area (Å²) in [7, 11) is 2.25. The van der Waals surface area contributed by atoms with E-state index in [0.717, 1.165) is 32.5 Å². The van der Waals surface area contributed by atoms with Crippen LogP contribution in [0.1, 0.15) is 42.9 Å². The smallest absolute Gasteiger partial charge is 0.225 e. The molecule has 0 radical (unpaired) electrons. The highest BCUT2D eigenvalue weighted by Crippen LogP contribution is 2.45. The van der Waals surface area contributed by atoms with Crippen LogP contribution < -0.4 is 0 Å². The number of likely N-dealkylation sites (tertiary alicyclic amines) is 2. The van der Waals surface area contributed by atoms with Crippen LogP contribution in [-0.4, -0.2) is 42.4 Å². The number of fused-ring (bicyclic) bond motifs is 1. The standard InChI is InChI=1S/C20H28N2O/c1-14-7-3-6-10-17(14)19-18-13-22(12-16(18)11-21(19)2)20(23)15-8-4-5-9-15/h3,6-7,10,15-16,18-19H,4-5,8-9,11-13H2,1-2H3/t16-,18+,19-/m0/s1. The maximum absolute atomic E-state index is 12.8. The molecule has 2 heterocycles. The highest BCUT2D eigenvalue weighted by molar-refractivity contribution is 5.79. The number of rotatable bonds is 2. The number of benzene rings is 1. The van der Waals surface area contributed by atoms with Crippen LogP contribution in [-0.2, 0) is 4.79 Å². The molecule has 124 valence electrons. The monoisotopic (exact) mass is 312 g/mol. The van der Waals surface area contributed by atoms with Crippen LogP contribution in [0.3, 0.4) is 0 Å². The third-order valence-electron chi connectivity index (χ3n) is 6.42. The number of carbonyl (C=O) groups is 1. The predicted molar refractivity (Wildman–Crippen MR) is 92.1 cm³/mol. The van der Waals surface area contributed by atoms with Gasteiger partial charge < -0.3 is 4.90 Å².